The number of hydrogen-bond donors (Lipinski definition) is 1. The molecule has 3 aliphatic heterocycles. The number of anilines is 1. The van der Waals surface area contributed by atoms with Crippen LogP contribution < -0.4 is 10.2 Å². The highest BCUT2D eigenvalue weighted by atomic mass is 32.1. The number of thiophene rings is 1. The fourth-order valence-corrected chi connectivity index (χ4v) is 5.55. The summed E-state index contributed by atoms with van der Waals surface area (Å²) in [4.78, 5) is 23.6. The van der Waals surface area contributed by atoms with Gasteiger partial charge in [0.15, 0.2) is 0 Å². The van der Waals surface area contributed by atoms with Crippen LogP contribution in [0.3, 0.4) is 0 Å². The Balaban J connectivity index is 1.31. The van der Waals surface area contributed by atoms with E-state index in [2.05, 4.69) is 20.2 Å². The number of hydrogen-bond acceptors (Lipinski definition) is 6. The van der Waals surface area contributed by atoms with Crippen LogP contribution in [0.4, 0.5) is 5.95 Å². The van der Waals surface area contributed by atoms with Crippen LogP contribution >= 0.6 is 11.3 Å². The molecule has 1 spiro atoms. The molecule has 0 radical (unpaired) electrons. The number of fused-ring (bicyclic) bond motifs is 1. The molecule has 0 saturated carbocycles. The molecular formula is C19H22N4O2S. The van der Waals surface area contributed by atoms with Gasteiger partial charge < -0.3 is 15.0 Å². The van der Waals surface area contributed by atoms with Crippen LogP contribution in [0.2, 0.25) is 0 Å². The number of carbonyl (C=O) groups is 1. The number of ether oxygens (including phenoxy) is 1. The minimum Gasteiger partial charge on any atom is -0.369 e. The molecule has 4 atom stereocenters. The normalized spacial score (nSPS) is 32.0. The van der Waals surface area contributed by atoms with Crippen molar-refractivity contribution >= 4 is 23.2 Å². The topological polar surface area (TPSA) is 67.4 Å². The summed E-state index contributed by atoms with van der Waals surface area (Å²) in [6, 6.07) is 3.79. The van der Waals surface area contributed by atoms with Gasteiger partial charge in [0.25, 0.3) is 5.91 Å². The zero-order valence-corrected chi connectivity index (χ0v) is 15.5. The molecule has 0 aromatic carbocycles. The molecule has 5 rings (SSSR count). The van der Waals surface area contributed by atoms with Crippen molar-refractivity contribution in [3.05, 3.63) is 40.3 Å². The van der Waals surface area contributed by atoms with Crippen molar-refractivity contribution in [2.75, 3.05) is 24.5 Å². The molecule has 2 bridgehead atoms. The van der Waals surface area contributed by atoms with Gasteiger partial charge in [-0.1, -0.05) is 0 Å². The Bertz CT molecular complexity index is 827. The van der Waals surface area contributed by atoms with E-state index >= 15 is 0 Å². The van der Waals surface area contributed by atoms with E-state index in [9.17, 15) is 4.79 Å². The number of carbonyl (C=O) groups excluding carboxylic acids is 1. The first-order valence-electron chi connectivity index (χ1n) is 9.17. The van der Waals surface area contributed by atoms with Gasteiger partial charge in [-0.05, 0) is 37.3 Å². The third-order valence-electron chi connectivity index (χ3n) is 6.13. The summed E-state index contributed by atoms with van der Waals surface area (Å²) >= 11 is 1.55. The van der Waals surface area contributed by atoms with Gasteiger partial charge >= 0.3 is 0 Å². The van der Waals surface area contributed by atoms with Crippen molar-refractivity contribution in [3.8, 4) is 0 Å². The number of amides is 1. The number of rotatable bonds is 4. The van der Waals surface area contributed by atoms with Crippen molar-refractivity contribution in [1.82, 2.24) is 15.3 Å². The maximum atomic E-state index is 12.3. The molecule has 3 saturated heterocycles. The lowest BCUT2D eigenvalue weighted by Crippen LogP contribution is -2.41. The van der Waals surface area contributed by atoms with Gasteiger partial charge in [-0.3, -0.25) is 4.79 Å². The zero-order valence-electron chi connectivity index (χ0n) is 14.7. The smallest absolute Gasteiger partial charge is 0.252 e. The molecule has 3 fully saturated rings. The Kier molecular flexibility index (Phi) is 3.76. The van der Waals surface area contributed by atoms with Gasteiger partial charge in [0.2, 0.25) is 5.95 Å². The van der Waals surface area contributed by atoms with Crippen LogP contribution in [-0.4, -0.2) is 47.2 Å². The zero-order chi connectivity index (χ0) is 17.7. The SMILES string of the molecule is Cc1ccnc(N2C[C@@H]3[C@H](CNC(=O)c4ccsc4)[C@H]4CC[C@]3(C2)O4)n1. The first kappa shape index (κ1) is 16.2. The minimum atomic E-state index is -0.0877. The Hall–Kier alpha value is -1.99. The molecule has 26 heavy (non-hydrogen) atoms. The van der Waals surface area contributed by atoms with Gasteiger partial charge in [-0.25, -0.2) is 9.97 Å². The summed E-state index contributed by atoms with van der Waals surface area (Å²) in [7, 11) is 0. The maximum absolute atomic E-state index is 12.3. The van der Waals surface area contributed by atoms with Crippen LogP contribution in [-0.2, 0) is 4.74 Å². The second-order valence-corrected chi connectivity index (χ2v) is 8.41. The summed E-state index contributed by atoms with van der Waals surface area (Å²) in [5.41, 5.74) is 1.64. The molecule has 2 aromatic rings. The van der Waals surface area contributed by atoms with E-state index in [1.165, 1.54) is 0 Å². The summed E-state index contributed by atoms with van der Waals surface area (Å²) < 4.78 is 6.45. The van der Waals surface area contributed by atoms with E-state index in [0.717, 1.165) is 43.1 Å². The third kappa shape index (κ3) is 2.53. The molecule has 6 nitrogen and oxygen atoms in total. The summed E-state index contributed by atoms with van der Waals surface area (Å²) in [6.45, 7) is 4.42. The molecule has 0 aliphatic carbocycles. The Labute approximate surface area is 156 Å². The molecule has 0 unspecified atom stereocenters. The second-order valence-electron chi connectivity index (χ2n) is 7.63. The van der Waals surface area contributed by atoms with Crippen LogP contribution in [0.5, 0.6) is 0 Å². The van der Waals surface area contributed by atoms with Gasteiger partial charge in [-0.2, -0.15) is 11.3 Å². The van der Waals surface area contributed by atoms with E-state index in [1.807, 2.05) is 36.0 Å². The Morgan fingerprint density at radius 3 is 3.23 bits per heavy atom. The summed E-state index contributed by atoms with van der Waals surface area (Å²) in [5, 5.41) is 6.94. The standard InChI is InChI=1S/C19H22N4O2S/c1-12-3-6-20-18(22-12)23-9-15-14(16-2-5-19(15,11-23)25-16)8-21-17(24)13-4-7-26-10-13/h3-4,6-7,10,14-16H,2,5,8-9,11H2,1H3,(H,21,24)/t14-,15+,16+,19+/m0/s1. The Morgan fingerprint density at radius 1 is 1.50 bits per heavy atom. The van der Waals surface area contributed by atoms with Crippen molar-refractivity contribution < 1.29 is 9.53 Å². The maximum Gasteiger partial charge on any atom is 0.252 e. The van der Waals surface area contributed by atoms with Crippen molar-refractivity contribution in [1.29, 1.82) is 0 Å². The van der Waals surface area contributed by atoms with Crippen molar-refractivity contribution in [2.45, 2.75) is 31.5 Å². The van der Waals surface area contributed by atoms with E-state index in [1.54, 1.807) is 11.3 Å². The summed E-state index contributed by atoms with van der Waals surface area (Å²) in [5.74, 6) is 1.59. The minimum absolute atomic E-state index is 0.0138. The molecule has 136 valence electrons. The molecule has 1 amide bonds. The largest absolute Gasteiger partial charge is 0.369 e. The predicted molar refractivity (Wildman–Crippen MR) is 99.5 cm³/mol. The number of aromatic nitrogens is 2. The first-order chi connectivity index (χ1) is 12.6. The van der Waals surface area contributed by atoms with E-state index < -0.39 is 0 Å². The van der Waals surface area contributed by atoms with E-state index in [4.69, 9.17) is 4.74 Å². The first-order valence-corrected chi connectivity index (χ1v) is 10.1. The van der Waals surface area contributed by atoms with E-state index in [0.29, 0.717) is 18.4 Å². The lowest BCUT2D eigenvalue weighted by atomic mass is 9.73. The van der Waals surface area contributed by atoms with Crippen LogP contribution in [0.25, 0.3) is 0 Å². The molecule has 7 heteroatoms. The number of aryl methyl sites for hydroxylation is 1. The van der Waals surface area contributed by atoms with E-state index in [-0.39, 0.29) is 17.6 Å². The molecule has 2 aromatic heterocycles. The highest BCUT2D eigenvalue weighted by molar-refractivity contribution is 7.08. The van der Waals surface area contributed by atoms with Gasteiger partial charge in [-0.15, -0.1) is 0 Å². The highest BCUT2D eigenvalue weighted by Gasteiger charge is 2.63. The Morgan fingerprint density at radius 2 is 2.42 bits per heavy atom. The molecule has 3 aliphatic rings. The fraction of sp³-hybridized carbons (Fsp3) is 0.526. The molecule has 1 N–H and O–H groups in total. The molecular weight excluding hydrogens is 348 g/mol. The second kappa shape index (κ2) is 6.03. The van der Waals surface area contributed by atoms with Crippen LogP contribution in [0.1, 0.15) is 28.9 Å². The van der Waals surface area contributed by atoms with Crippen LogP contribution in [0, 0.1) is 18.8 Å². The lowest BCUT2D eigenvalue weighted by molar-refractivity contribution is 0.0141. The van der Waals surface area contributed by atoms with Gasteiger partial charge in [0.05, 0.1) is 18.2 Å². The predicted octanol–water partition coefficient (Wildman–Crippen LogP) is 2.26. The lowest BCUT2D eigenvalue weighted by Gasteiger charge is -2.29. The average molecular weight is 370 g/mol. The highest BCUT2D eigenvalue weighted by Crippen LogP contribution is 2.54. The van der Waals surface area contributed by atoms with Crippen LogP contribution in [0.15, 0.2) is 29.1 Å². The quantitative estimate of drug-likeness (QED) is 0.894. The number of nitrogens with zero attached hydrogens (tertiary/aromatic N) is 3. The monoisotopic (exact) mass is 370 g/mol. The molecule has 5 heterocycles. The number of nitrogens with one attached hydrogen (secondary N) is 1. The fourth-order valence-electron chi connectivity index (χ4n) is 4.91. The van der Waals surface area contributed by atoms with Gasteiger partial charge in [0.1, 0.15) is 0 Å². The van der Waals surface area contributed by atoms with Crippen molar-refractivity contribution in [3.63, 3.8) is 0 Å². The van der Waals surface area contributed by atoms with Gasteiger partial charge in [0, 0.05) is 47.8 Å². The average Bonchev–Trinajstić information content (AvgIpc) is 3.39. The van der Waals surface area contributed by atoms with Crippen molar-refractivity contribution in [2.24, 2.45) is 11.8 Å². The summed E-state index contributed by atoms with van der Waals surface area (Å²) in [6.07, 6.45) is 4.26. The third-order valence-corrected chi connectivity index (χ3v) is 6.81.